The predicted octanol–water partition coefficient (Wildman–Crippen LogP) is 4.09. The summed E-state index contributed by atoms with van der Waals surface area (Å²) in [5, 5.41) is 2.91. The van der Waals surface area contributed by atoms with Crippen LogP contribution in [0.2, 0.25) is 0 Å². The fourth-order valence-electron chi connectivity index (χ4n) is 5.24. The van der Waals surface area contributed by atoms with Crippen LogP contribution < -0.4 is 24.4 Å². The van der Waals surface area contributed by atoms with Gasteiger partial charge in [0.15, 0.2) is 17.6 Å². The standard InChI is InChI=1S/C35H37N3O7S/c1-43-31-18-17-28(23-32(31)44-2)46(41,42)37(22-20-27-13-7-4-8-14-27)25-34(39)38-24-33(45-30-16-10-9-15-29(30)38)35(40)36-21-19-26-11-5-3-6-12-26/h3-18,23,33H,19-22,24-25H2,1-2H3,(H,36,40)/t33-/m1/s1. The van der Waals surface area contributed by atoms with Crippen molar-refractivity contribution in [2.24, 2.45) is 0 Å². The number of amides is 2. The summed E-state index contributed by atoms with van der Waals surface area (Å²) in [7, 11) is -1.28. The van der Waals surface area contributed by atoms with Crippen molar-refractivity contribution >= 4 is 27.5 Å². The molecule has 1 atom stereocenters. The third kappa shape index (κ3) is 7.67. The molecule has 46 heavy (non-hydrogen) atoms. The van der Waals surface area contributed by atoms with Crippen LogP contribution >= 0.6 is 0 Å². The number of carbonyl (C=O) groups excluding carboxylic acids is 2. The van der Waals surface area contributed by atoms with E-state index in [1.807, 2.05) is 60.7 Å². The fourth-order valence-corrected chi connectivity index (χ4v) is 6.65. The normalized spacial score (nSPS) is 14.2. The van der Waals surface area contributed by atoms with Gasteiger partial charge in [-0.25, -0.2) is 8.42 Å². The summed E-state index contributed by atoms with van der Waals surface area (Å²) in [5.41, 5.74) is 2.47. The summed E-state index contributed by atoms with van der Waals surface area (Å²) < 4.78 is 45.9. The topological polar surface area (TPSA) is 114 Å². The third-order valence-corrected chi connectivity index (χ3v) is 9.56. The lowest BCUT2D eigenvalue weighted by molar-refractivity contribution is -0.128. The first-order chi connectivity index (χ1) is 22.3. The lowest BCUT2D eigenvalue weighted by Gasteiger charge is -2.35. The molecule has 1 N–H and O–H groups in total. The van der Waals surface area contributed by atoms with Crippen molar-refractivity contribution in [1.29, 1.82) is 0 Å². The number of hydrogen-bond acceptors (Lipinski definition) is 7. The van der Waals surface area contributed by atoms with Gasteiger partial charge < -0.3 is 24.4 Å². The Morgan fingerprint density at radius 1 is 0.848 bits per heavy atom. The van der Waals surface area contributed by atoms with Crippen molar-refractivity contribution in [2.45, 2.75) is 23.8 Å². The summed E-state index contributed by atoms with van der Waals surface area (Å²) in [6.45, 7) is -0.0902. The van der Waals surface area contributed by atoms with Crippen LogP contribution in [0.4, 0.5) is 5.69 Å². The van der Waals surface area contributed by atoms with Gasteiger partial charge in [-0.2, -0.15) is 4.31 Å². The summed E-state index contributed by atoms with van der Waals surface area (Å²) in [5.74, 6) is 0.147. The van der Waals surface area contributed by atoms with Crippen LogP contribution in [0.25, 0.3) is 0 Å². The van der Waals surface area contributed by atoms with Gasteiger partial charge in [-0.3, -0.25) is 9.59 Å². The van der Waals surface area contributed by atoms with Gasteiger partial charge in [0, 0.05) is 19.2 Å². The zero-order valence-corrected chi connectivity index (χ0v) is 26.6. The van der Waals surface area contributed by atoms with Gasteiger partial charge in [0.1, 0.15) is 5.75 Å². The molecule has 0 radical (unpaired) electrons. The zero-order valence-electron chi connectivity index (χ0n) is 25.8. The van der Waals surface area contributed by atoms with Gasteiger partial charge in [0.05, 0.1) is 37.9 Å². The van der Waals surface area contributed by atoms with Gasteiger partial charge >= 0.3 is 0 Å². The number of rotatable bonds is 13. The maximum atomic E-state index is 14.1. The molecule has 0 unspecified atom stereocenters. The minimum atomic E-state index is -4.17. The SMILES string of the molecule is COc1ccc(S(=O)(=O)N(CCc2ccccc2)CC(=O)N2C[C@H](C(=O)NCCc3ccccc3)Oc3ccccc32)cc1OC. The van der Waals surface area contributed by atoms with Gasteiger partial charge in [0.2, 0.25) is 15.9 Å². The quantitative estimate of drug-likeness (QED) is 0.234. The molecule has 4 aromatic rings. The summed E-state index contributed by atoms with van der Waals surface area (Å²) in [6.07, 6.45) is 0.0465. The second-order valence-corrected chi connectivity index (χ2v) is 12.6. The molecule has 0 bridgehead atoms. The number of para-hydroxylation sites is 2. The van der Waals surface area contributed by atoms with Crippen LogP contribution in [0, 0.1) is 0 Å². The van der Waals surface area contributed by atoms with Crippen LogP contribution in [-0.2, 0) is 32.5 Å². The number of nitrogens with one attached hydrogen (secondary N) is 1. The van der Waals surface area contributed by atoms with Crippen LogP contribution in [0.3, 0.4) is 0 Å². The van der Waals surface area contributed by atoms with Crippen LogP contribution in [-0.4, -0.2) is 71.0 Å². The molecule has 10 nitrogen and oxygen atoms in total. The second-order valence-electron chi connectivity index (χ2n) is 10.7. The van der Waals surface area contributed by atoms with Crippen molar-refractivity contribution in [3.63, 3.8) is 0 Å². The molecular formula is C35H37N3O7S. The molecule has 0 saturated heterocycles. The Balaban J connectivity index is 1.38. The average Bonchev–Trinajstić information content (AvgIpc) is 3.09. The van der Waals surface area contributed by atoms with Crippen LogP contribution in [0.15, 0.2) is 108 Å². The Morgan fingerprint density at radius 2 is 1.48 bits per heavy atom. The van der Waals surface area contributed by atoms with Crippen molar-refractivity contribution in [1.82, 2.24) is 9.62 Å². The first kappa shape index (κ1) is 32.5. The summed E-state index contributed by atoms with van der Waals surface area (Å²) in [4.78, 5) is 28.6. The number of nitrogens with zero attached hydrogens (tertiary/aromatic N) is 2. The highest BCUT2D eigenvalue weighted by atomic mass is 32.2. The van der Waals surface area contributed by atoms with E-state index < -0.39 is 28.6 Å². The van der Waals surface area contributed by atoms with E-state index in [0.717, 1.165) is 15.4 Å². The number of fused-ring (bicyclic) bond motifs is 1. The van der Waals surface area contributed by atoms with E-state index in [0.29, 0.717) is 36.6 Å². The van der Waals surface area contributed by atoms with Crippen molar-refractivity contribution in [3.8, 4) is 17.2 Å². The summed E-state index contributed by atoms with van der Waals surface area (Å²) >= 11 is 0. The minimum Gasteiger partial charge on any atom is -0.493 e. The van der Waals surface area contributed by atoms with E-state index >= 15 is 0 Å². The maximum Gasteiger partial charge on any atom is 0.262 e. The number of hydrogen-bond donors (Lipinski definition) is 1. The van der Waals surface area contributed by atoms with E-state index in [-0.39, 0.29) is 29.6 Å². The fraction of sp³-hybridized carbons (Fsp3) is 0.257. The average molecular weight is 644 g/mol. The van der Waals surface area contributed by atoms with Gasteiger partial charge in [-0.1, -0.05) is 72.8 Å². The van der Waals surface area contributed by atoms with E-state index in [4.69, 9.17) is 14.2 Å². The molecule has 1 aliphatic heterocycles. The monoisotopic (exact) mass is 643 g/mol. The number of methoxy groups -OCH3 is 2. The largest absolute Gasteiger partial charge is 0.493 e. The van der Waals surface area contributed by atoms with Crippen molar-refractivity contribution in [3.05, 3.63) is 114 Å². The highest BCUT2D eigenvalue weighted by Gasteiger charge is 2.36. The Hall–Kier alpha value is -4.87. The number of benzene rings is 4. The lowest BCUT2D eigenvalue weighted by atomic mass is 10.1. The van der Waals surface area contributed by atoms with Crippen LogP contribution in [0.1, 0.15) is 11.1 Å². The Labute approximate surface area is 269 Å². The summed E-state index contributed by atoms with van der Waals surface area (Å²) in [6, 6.07) is 30.5. The molecule has 0 fully saturated rings. The second kappa shape index (κ2) is 14.9. The van der Waals surface area contributed by atoms with Gasteiger partial charge in [-0.15, -0.1) is 0 Å². The number of sulfonamides is 1. The first-order valence-electron chi connectivity index (χ1n) is 14.9. The molecular weight excluding hydrogens is 606 g/mol. The first-order valence-corrected chi connectivity index (χ1v) is 16.4. The number of ether oxygens (including phenoxy) is 3. The molecule has 0 saturated carbocycles. The minimum absolute atomic E-state index is 0.0379. The molecule has 1 heterocycles. The van der Waals surface area contributed by atoms with E-state index in [1.54, 1.807) is 24.3 Å². The van der Waals surface area contributed by atoms with Crippen LogP contribution in [0.5, 0.6) is 17.2 Å². The third-order valence-electron chi connectivity index (χ3n) is 7.72. The zero-order chi connectivity index (χ0) is 32.5. The molecule has 2 amide bonds. The maximum absolute atomic E-state index is 14.1. The van der Waals surface area contributed by atoms with E-state index in [2.05, 4.69) is 5.32 Å². The smallest absolute Gasteiger partial charge is 0.262 e. The van der Waals surface area contributed by atoms with Crippen molar-refractivity contribution < 1.29 is 32.2 Å². The Morgan fingerprint density at radius 3 is 2.15 bits per heavy atom. The van der Waals surface area contributed by atoms with E-state index in [1.165, 1.54) is 37.3 Å². The lowest BCUT2D eigenvalue weighted by Crippen LogP contribution is -2.53. The van der Waals surface area contributed by atoms with Gasteiger partial charge in [0.25, 0.3) is 5.91 Å². The molecule has 0 spiro atoms. The highest BCUT2D eigenvalue weighted by Crippen LogP contribution is 2.34. The highest BCUT2D eigenvalue weighted by molar-refractivity contribution is 7.89. The molecule has 0 aliphatic carbocycles. The van der Waals surface area contributed by atoms with E-state index in [9.17, 15) is 18.0 Å². The molecule has 1 aliphatic rings. The Kier molecular flexibility index (Phi) is 10.6. The molecule has 11 heteroatoms. The van der Waals surface area contributed by atoms with Crippen molar-refractivity contribution in [2.75, 3.05) is 45.3 Å². The number of anilines is 1. The molecule has 240 valence electrons. The predicted molar refractivity (Wildman–Crippen MR) is 175 cm³/mol. The Bertz CT molecular complexity index is 1750. The molecule has 0 aromatic heterocycles. The van der Waals surface area contributed by atoms with Gasteiger partial charge in [-0.05, 0) is 48.2 Å². The molecule has 4 aromatic carbocycles. The molecule has 5 rings (SSSR count). The number of carbonyl (C=O) groups is 2.